The molecule has 0 unspecified atom stereocenters. The number of ketones is 2. The van der Waals surface area contributed by atoms with Crippen molar-refractivity contribution in [1.29, 1.82) is 0 Å². The van der Waals surface area contributed by atoms with Crippen molar-refractivity contribution in [3.05, 3.63) is 59.2 Å². The average Bonchev–Trinajstić information content (AvgIpc) is 2.92. The molecule has 106 valence electrons. The van der Waals surface area contributed by atoms with E-state index in [1.54, 1.807) is 0 Å². The Balaban J connectivity index is 1.92. The minimum Gasteiger partial charge on any atom is -0.436 e. The summed E-state index contributed by atoms with van der Waals surface area (Å²) >= 11 is 0. The van der Waals surface area contributed by atoms with Crippen molar-refractivity contribution >= 4 is 17.3 Å². The number of aryl methyl sites for hydroxylation is 1. The monoisotopic (exact) mass is 286 g/mol. The van der Waals surface area contributed by atoms with E-state index in [4.69, 9.17) is 4.42 Å². The fourth-order valence-corrected chi connectivity index (χ4v) is 2.01. The third-order valence-corrected chi connectivity index (χ3v) is 3.06. The molecule has 0 saturated heterocycles. The van der Waals surface area contributed by atoms with Gasteiger partial charge in [-0.25, -0.2) is 9.37 Å². The molecule has 1 N–H and O–H groups in total. The number of fused-ring (bicyclic) bond motifs is 1. The lowest BCUT2D eigenvalue weighted by Gasteiger charge is -2.12. The number of allylic oxidation sites excluding steroid dienone is 2. The maximum atomic E-state index is 12.9. The first-order chi connectivity index (χ1) is 10.1. The molecule has 0 aliphatic heterocycles. The highest BCUT2D eigenvalue weighted by Crippen LogP contribution is 2.23. The van der Waals surface area contributed by atoms with Crippen molar-refractivity contribution in [2.75, 3.05) is 5.32 Å². The van der Waals surface area contributed by atoms with Gasteiger partial charge in [-0.15, -0.1) is 0 Å². The van der Waals surface area contributed by atoms with Crippen LogP contribution in [0.4, 0.5) is 10.1 Å². The zero-order valence-electron chi connectivity index (χ0n) is 11.1. The van der Waals surface area contributed by atoms with E-state index in [0.717, 1.165) is 0 Å². The first-order valence-electron chi connectivity index (χ1n) is 6.41. The predicted octanol–water partition coefficient (Wildman–Crippen LogP) is 2.75. The molecule has 0 spiro atoms. The first-order valence-corrected chi connectivity index (χ1v) is 6.41. The van der Waals surface area contributed by atoms with Gasteiger partial charge in [0.25, 0.3) is 0 Å². The number of nitrogens with one attached hydrogen (secondary N) is 1. The van der Waals surface area contributed by atoms with Gasteiger partial charge in [-0.1, -0.05) is 6.92 Å². The van der Waals surface area contributed by atoms with Crippen LogP contribution in [0.2, 0.25) is 0 Å². The summed E-state index contributed by atoms with van der Waals surface area (Å²) in [4.78, 5) is 28.2. The fraction of sp³-hybridized carbons (Fsp3) is 0.133. The normalized spacial score (nSPS) is 13.9. The molecule has 3 rings (SSSR count). The molecule has 2 aromatic rings. The highest BCUT2D eigenvalue weighted by Gasteiger charge is 2.31. The molecule has 1 aliphatic carbocycles. The van der Waals surface area contributed by atoms with Gasteiger partial charge >= 0.3 is 0 Å². The molecule has 5 nitrogen and oxygen atoms in total. The number of carbonyl (C=O) groups is 2. The van der Waals surface area contributed by atoms with Crippen LogP contribution in [-0.2, 0) is 6.42 Å². The summed E-state index contributed by atoms with van der Waals surface area (Å²) < 4.78 is 18.2. The zero-order valence-corrected chi connectivity index (χ0v) is 11.1. The molecule has 21 heavy (non-hydrogen) atoms. The van der Waals surface area contributed by atoms with Crippen LogP contribution in [0.3, 0.4) is 0 Å². The molecule has 1 heterocycles. The van der Waals surface area contributed by atoms with Gasteiger partial charge in [0.15, 0.2) is 11.6 Å². The molecule has 0 fully saturated rings. The molecule has 1 aromatic carbocycles. The van der Waals surface area contributed by atoms with E-state index in [2.05, 4.69) is 10.3 Å². The molecule has 1 aromatic heterocycles. The van der Waals surface area contributed by atoms with Crippen LogP contribution in [0, 0.1) is 5.82 Å². The van der Waals surface area contributed by atoms with E-state index in [-0.39, 0.29) is 23.0 Å². The Morgan fingerprint density at radius 3 is 2.62 bits per heavy atom. The third-order valence-electron chi connectivity index (χ3n) is 3.06. The Labute approximate surface area is 119 Å². The number of hydrogen-bond donors (Lipinski definition) is 1. The second-order valence-corrected chi connectivity index (χ2v) is 4.52. The van der Waals surface area contributed by atoms with E-state index in [1.165, 1.54) is 30.3 Å². The maximum Gasteiger partial charge on any atom is 0.246 e. The summed E-state index contributed by atoms with van der Waals surface area (Å²) in [5.74, 6) is -0.924. The summed E-state index contributed by atoms with van der Waals surface area (Å²) in [7, 11) is 0. The predicted molar refractivity (Wildman–Crippen MR) is 72.6 cm³/mol. The summed E-state index contributed by atoms with van der Waals surface area (Å²) in [6, 6.07) is 5.46. The van der Waals surface area contributed by atoms with Crippen LogP contribution in [0.25, 0.3) is 0 Å². The molecule has 0 amide bonds. The van der Waals surface area contributed by atoms with Gasteiger partial charge in [-0.3, -0.25) is 9.59 Å². The number of oxazole rings is 1. The number of Topliss-reactive ketones (excluding diaryl/α,β-unsaturated/α-hetero) is 1. The Kier molecular flexibility index (Phi) is 3.13. The van der Waals surface area contributed by atoms with Crippen molar-refractivity contribution in [3.8, 4) is 0 Å². The van der Waals surface area contributed by atoms with Crippen LogP contribution in [0.15, 0.2) is 40.5 Å². The largest absolute Gasteiger partial charge is 0.436 e. The van der Waals surface area contributed by atoms with Crippen molar-refractivity contribution in [2.45, 2.75) is 13.3 Å². The maximum absolute atomic E-state index is 12.9. The van der Waals surface area contributed by atoms with Gasteiger partial charge in [0, 0.05) is 18.2 Å². The molecule has 0 atom stereocenters. The van der Waals surface area contributed by atoms with E-state index in [0.29, 0.717) is 18.0 Å². The quantitative estimate of drug-likeness (QED) is 0.939. The smallest absolute Gasteiger partial charge is 0.246 e. The SMILES string of the molecule is CCc1nc2c(o1)C(=O)C(Nc1ccc(F)cc1)=CC2=O. The summed E-state index contributed by atoms with van der Waals surface area (Å²) in [6.45, 7) is 1.82. The topological polar surface area (TPSA) is 72.2 Å². The summed E-state index contributed by atoms with van der Waals surface area (Å²) in [5, 5.41) is 2.79. The van der Waals surface area contributed by atoms with Crippen molar-refractivity contribution < 1.29 is 18.4 Å². The highest BCUT2D eigenvalue weighted by molar-refractivity contribution is 6.23. The van der Waals surface area contributed by atoms with Gasteiger partial charge in [0.05, 0.1) is 5.70 Å². The van der Waals surface area contributed by atoms with Crippen LogP contribution in [0.5, 0.6) is 0 Å². The van der Waals surface area contributed by atoms with Gasteiger partial charge in [-0.05, 0) is 24.3 Å². The number of anilines is 1. The average molecular weight is 286 g/mol. The number of benzene rings is 1. The van der Waals surface area contributed by atoms with Crippen molar-refractivity contribution in [1.82, 2.24) is 4.98 Å². The number of halogens is 1. The van der Waals surface area contributed by atoms with E-state index >= 15 is 0 Å². The lowest BCUT2D eigenvalue weighted by molar-refractivity contribution is 0.0963. The lowest BCUT2D eigenvalue weighted by atomic mass is 10.0. The Morgan fingerprint density at radius 1 is 1.24 bits per heavy atom. The number of carbonyl (C=O) groups excluding carboxylic acids is 2. The van der Waals surface area contributed by atoms with E-state index < -0.39 is 11.6 Å². The Morgan fingerprint density at radius 2 is 1.95 bits per heavy atom. The van der Waals surface area contributed by atoms with Gasteiger partial charge in [-0.2, -0.15) is 0 Å². The minimum atomic E-state index is -0.443. The molecule has 0 bridgehead atoms. The van der Waals surface area contributed by atoms with Crippen LogP contribution >= 0.6 is 0 Å². The van der Waals surface area contributed by atoms with E-state index in [1.807, 2.05) is 6.92 Å². The van der Waals surface area contributed by atoms with Gasteiger partial charge < -0.3 is 9.73 Å². The van der Waals surface area contributed by atoms with Crippen LogP contribution < -0.4 is 5.32 Å². The lowest BCUT2D eigenvalue weighted by Crippen LogP contribution is -2.20. The molecule has 6 heteroatoms. The van der Waals surface area contributed by atoms with Crippen molar-refractivity contribution in [2.24, 2.45) is 0 Å². The molecule has 0 radical (unpaired) electrons. The minimum absolute atomic E-state index is 0.0431. The fourth-order valence-electron chi connectivity index (χ4n) is 2.01. The Bertz CT molecular complexity index is 760. The van der Waals surface area contributed by atoms with E-state index in [9.17, 15) is 14.0 Å². The third kappa shape index (κ3) is 2.35. The van der Waals surface area contributed by atoms with Gasteiger partial charge in [0.1, 0.15) is 5.82 Å². The van der Waals surface area contributed by atoms with Gasteiger partial charge in [0.2, 0.25) is 17.3 Å². The number of rotatable bonds is 3. The number of nitrogens with zero attached hydrogens (tertiary/aromatic N) is 1. The molecular weight excluding hydrogens is 275 g/mol. The molecule has 1 aliphatic rings. The first kappa shape index (κ1) is 13.2. The van der Waals surface area contributed by atoms with Crippen LogP contribution in [0.1, 0.15) is 33.9 Å². The van der Waals surface area contributed by atoms with Crippen molar-refractivity contribution in [3.63, 3.8) is 0 Å². The number of hydrogen-bond acceptors (Lipinski definition) is 5. The summed E-state index contributed by atoms with van der Waals surface area (Å²) in [5.41, 5.74) is 0.627. The highest BCUT2D eigenvalue weighted by atomic mass is 19.1. The Hall–Kier alpha value is -2.76. The molecule has 0 saturated carbocycles. The second-order valence-electron chi connectivity index (χ2n) is 4.52. The zero-order chi connectivity index (χ0) is 15.0. The second kappa shape index (κ2) is 4.97. The number of aromatic nitrogens is 1. The standard InChI is InChI=1S/C15H11FN2O3/c1-2-12-18-13-11(19)7-10(14(20)15(13)21-12)17-9-5-3-8(16)4-6-9/h3-7,17H,2H2,1H3. The summed E-state index contributed by atoms with van der Waals surface area (Å²) in [6.07, 6.45) is 1.67. The molecular formula is C15H11FN2O3. The van der Waals surface area contributed by atoms with Crippen LogP contribution in [-0.4, -0.2) is 16.6 Å².